The number of pyridine rings is 1. The molecule has 0 spiro atoms. The molecule has 4 nitrogen and oxygen atoms in total. The molecule has 0 unspecified atom stereocenters. The minimum atomic E-state index is 0.123. The fourth-order valence-corrected chi connectivity index (χ4v) is 4.21. The highest BCUT2D eigenvalue weighted by Gasteiger charge is 2.28. The van der Waals surface area contributed by atoms with Crippen LogP contribution >= 0.6 is 0 Å². The summed E-state index contributed by atoms with van der Waals surface area (Å²) < 4.78 is 5.96. The van der Waals surface area contributed by atoms with Gasteiger partial charge >= 0.3 is 0 Å². The van der Waals surface area contributed by atoms with Gasteiger partial charge in [-0.05, 0) is 58.4 Å². The van der Waals surface area contributed by atoms with E-state index in [9.17, 15) is 4.79 Å². The summed E-state index contributed by atoms with van der Waals surface area (Å²) in [5.41, 5.74) is 2.37. The summed E-state index contributed by atoms with van der Waals surface area (Å²) in [5, 5.41) is 0. The van der Waals surface area contributed by atoms with Crippen LogP contribution in [0.1, 0.15) is 70.1 Å². The van der Waals surface area contributed by atoms with Gasteiger partial charge in [-0.2, -0.15) is 0 Å². The Labute approximate surface area is 145 Å². The van der Waals surface area contributed by atoms with E-state index in [0.29, 0.717) is 6.04 Å². The van der Waals surface area contributed by atoms with Gasteiger partial charge in [0.1, 0.15) is 5.75 Å². The summed E-state index contributed by atoms with van der Waals surface area (Å²) in [6.45, 7) is 4.37. The molecule has 0 bridgehead atoms. The zero-order valence-corrected chi connectivity index (χ0v) is 15.1. The maximum atomic E-state index is 12.8. The largest absolute Gasteiger partial charge is 0.483 e. The number of rotatable bonds is 5. The second-order valence-corrected chi connectivity index (χ2v) is 7.42. The van der Waals surface area contributed by atoms with Crippen LogP contribution in [0.3, 0.4) is 0 Å². The van der Waals surface area contributed by atoms with Gasteiger partial charge in [0.05, 0.1) is 0 Å². The van der Waals surface area contributed by atoms with Gasteiger partial charge in [-0.15, -0.1) is 0 Å². The van der Waals surface area contributed by atoms with Crippen LogP contribution in [0, 0.1) is 0 Å². The van der Waals surface area contributed by atoms with E-state index in [2.05, 4.69) is 23.7 Å². The van der Waals surface area contributed by atoms with E-state index in [1.54, 1.807) is 0 Å². The van der Waals surface area contributed by atoms with E-state index < -0.39 is 0 Å². The lowest BCUT2D eigenvalue weighted by atomic mass is 9.93. The summed E-state index contributed by atoms with van der Waals surface area (Å²) in [7, 11) is 0. The van der Waals surface area contributed by atoms with Crippen LogP contribution in [-0.4, -0.2) is 34.5 Å². The third kappa shape index (κ3) is 3.90. The minimum Gasteiger partial charge on any atom is -0.483 e. The molecule has 0 aliphatic heterocycles. The number of aromatic nitrogens is 1. The normalized spacial score (nSPS) is 18.3. The Morgan fingerprint density at radius 1 is 1.21 bits per heavy atom. The van der Waals surface area contributed by atoms with Gasteiger partial charge < -0.3 is 9.64 Å². The second-order valence-electron chi connectivity index (χ2n) is 7.42. The van der Waals surface area contributed by atoms with E-state index in [0.717, 1.165) is 37.1 Å². The Balaban J connectivity index is 1.65. The smallest absolute Gasteiger partial charge is 0.260 e. The van der Waals surface area contributed by atoms with Crippen molar-refractivity contribution in [2.24, 2.45) is 0 Å². The molecule has 1 amide bonds. The highest BCUT2D eigenvalue weighted by atomic mass is 16.5. The zero-order chi connectivity index (χ0) is 16.9. The monoisotopic (exact) mass is 330 g/mol. The molecule has 0 aromatic carbocycles. The first kappa shape index (κ1) is 17.2. The Morgan fingerprint density at radius 2 is 1.96 bits per heavy atom. The standard InChI is InChI=1S/C20H30N2O2/c1-15(2)22(16-8-4-3-5-9-16)20(23)14-24-19-12-13-21-18-11-7-6-10-17(18)19/h12-13,15-16H,3-11,14H2,1-2H3. The molecule has 132 valence electrons. The molecule has 1 heterocycles. The number of carbonyl (C=O) groups excluding carboxylic acids is 1. The van der Waals surface area contributed by atoms with Crippen LogP contribution in [0.2, 0.25) is 0 Å². The maximum absolute atomic E-state index is 12.8. The fraction of sp³-hybridized carbons (Fsp3) is 0.700. The van der Waals surface area contributed by atoms with Gasteiger partial charge in [0.2, 0.25) is 0 Å². The Morgan fingerprint density at radius 3 is 2.71 bits per heavy atom. The molecule has 1 fully saturated rings. The van der Waals surface area contributed by atoms with Crippen molar-refractivity contribution in [3.05, 3.63) is 23.5 Å². The average molecular weight is 330 g/mol. The van der Waals surface area contributed by atoms with Gasteiger partial charge in [-0.25, -0.2) is 0 Å². The van der Waals surface area contributed by atoms with Crippen LogP contribution in [0.15, 0.2) is 12.3 Å². The number of nitrogens with zero attached hydrogens (tertiary/aromatic N) is 2. The van der Waals surface area contributed by atoms with Gasteiger partial charge in [-0.3, -0.25) is 9.78 Å². The minimum absolute atomic E-state index is 0.123. The lowest BCUT2D eigenvalue weighted by Crippen LogP contribution is -2.47. The molecule has 0 radical (unpaired) electrons. The Bertz CT molecular complexity index is 565. The van der Waals surface area contributed by atoms with Gasteiger partial charge in [0, 0.05) is 29.5 Å². The lowest BCUT2D eigenvalue weighted by Gasteiger charge is -2.37. The molecule has 0 atom stereocenters. The highest BCUT2D eigenvalue weighted by Crippen LogP contribution is 2.28. The Kier molecular flexibility index (Phi) is 5.75. The van der Waals surface area contributed by atoms with Crippen molar-refractivity contribution in [1.29, 1.82) is 0 Å². The molecule has 4 heteroatoms. The molecular weight excluding hydrogens is 300 g/mol. The van der Waals surface area contributed by atoms with Crippen LogP contribution < -0.4 is 4.74 Å². The summed E-state index contributed by atoms with van der Waals surface area (Å²) in [6.07, 6.45) is 12.3. The molecule has 1 aromatic rings. The van der Waals surface area contributed by atoms with E-state index in [1.165, 1.54) is 37.7 Å². The number of carbonyl (C=O) groups is 1. The summed E-state index contributed by atoms with van der Waals surface area (Å²) in [4.78, 5) is 19.3. The summed E-state index contributed by atoms with van der Waals surface area (Å²) >= 11 is 0. The van der Waals surface area contributed by atoms with Crippen molar-refractivity contribution in [2.75, 3.05) is 6.61 Å². The number of fused-ring (bicyclic) bond motifs is 1. The molecule has 1 saturated carbocycles. The van der Waals surface area contributed by atoms with Crippen molar-refractivity contribution >= 4 is 5.91 Å². The topological polar surface area (TPSA) is 42.4 Å². The quantitative estimate of drug-likeness (QED) is 0.822. The third-order valence-corrected chi connectivity index (χ3v) is 5.36. The number of hydrogen-bond acceptors (Lipinski definition) is 3. The molecule has 2 aliphatic rings. The first-order valence-corrected chi connectivity index (χ1v) is 9.57. The second kappa shape index (κ2) is 8.00. The summed E-state index contributed by atoms with van der Waals surface area (Å²) in [6, 6.07) is 2.54. The predicted molar refractivity (Wildman–Crippen MR) is 95.2 cm³/mol. The van der Waals surface area contributed by atoms with Crippen LogP contribution in [0.4, 0.5) is 0 Å². The van der Waals surface area contributed by atoms with Crippen molar-refractivity contribution in [3.63, 3.8) is 0 Å². The molecule has 0 N–H and O–H groups in total. The van der Waals surface area contributed by atoms with E-state index >= 15 is 0 Å². The van der Waals surface area contributed by atoms with Crippen LogP contribution in [0.5, 0.6) is 5.75 Å². The number of aryl methyl sites for hydroxylation is 1. The van der Waals surface area contributed by atoms with E-state index in [-0.39, 0.29) is 18.6 Å². The zero-order valence-electron chi connectivity index (χ0n) is 15.1. The first-order valence-electron chi connectivity index (χ1n) is 9.57. The molecule has 24 heavy (non-hydrogen) atoms. The first-order chi connectivity index (χ1) is 11.7. The highest BCUT2D eigenvalue weighted by molar-refractivity contribution is 5.78. The number of ether oxygens (including phenoxy) is 1. The van der Waals surface area contributed by atoms with Crippen molar-refractivity contribution in [3.8, 4) is 5.75 Å². The van der Waals surface area contributed by atoms with Crippen molar-refractivity contribution in [2.45, 2.75) is 83.7 Å². The molecule has 3 rings (SSSR count). The van der Waals surface area contributed by atoms with Gasteiger partial charge in [-0.1, -0.05) is 19.3 Å². The molecular formula is C20H30N2O2. The van der Waals surface area contributed by atoms with Crippen LogP contribution in [-0.2, 0) is 17.6 Å². The third-order valence-electron chi connectivity index (χ3n) is 5.36. The predicted octanol–water partition coefficient (Wildman–Crippen LogP) is 3.91. The van der Waals surface area contributed by atoms with E-state index in [1.807, 2.05) is 12.3 Å². The molecule has 1 aromatic heterocycles. The summed E-state index contributed by atoms with van der Waals surface area (Å²) in [5.74, 6) is 0.985. The Hall–Kier alpha value is -1.58. The van der Waals surface area contributed by atoms with Gasteiger partial charge in [0.25, 0.3) is 5.91 Å². The van der Waals surface area contributed by atoms with Crippen molar-refractivity contribution in [1.82, 2.24) is 9.88 Å². The maximum Gasteiger partial charge on any atom is 0.260 e. The number of amides is 1. The molecule has 0 saturated heterocycles. The van der Waals surface area contributed by atoms with Gasteiger partial charge in [0.15, 0.2) is 6.61 Å². The van der Waals surface area contributed by atoms with Crippen LogP contribution in [0.25, 0.3) is 0 Å². The fourth-order valence-electron chi connectivity index (χ4n) is 4.21. The molecule has 2 aliphatic carbocycles. The lowest BCUT2D eigenvalue weighted by molar-refractivity contribution is -0.138. The average Bonchev–Trinajstić information content (AvgIpc) is 2.60. The van der Waals surface area contributed by atoms with E-state index in [4.69, 9.17) is 4.74 Å². The SMILES string of the molecule is CC(C)N(C(=O)COc1ccnc2c1CCCC2)C1CCCCC1. The number of hydrogen-bond donors (Lipinski definition) is 0. The van der Waals surface area contributed by atoms with Crippen molar-refractivity contribution < 1.29 is 9.53 Å².